The molecule has 0 saturated carbocycles. The van der Waals surface area contributed by atoms with E-state index in [2.05, 4.69) is 30.0 Å². The molecular formula is C17H19FN6S. The molecule has 0 bridgehead atoms. The van der Waals surface area contributed by atoms with Crippen LogP contribution >= 0.6 is 11.8 Å². The highest BCUT2D eigenvalue weighted by molar-refractivity contribution is 7.98. The van der Waals surface area contributed by atoms with Crippen molar-refractivity contribution in [2.75, 3.05) is 37.3 Å². The Bertz CT molecular complexity index is 874. The van der Waals surface area contributed by atoms with Crippen LogP contribution in [0.15, 0.2) is 35.6 Å². The van der Waals surface area contributed by atoms with Crippen molar-refractivity contribution in [3.63, 3.8) is 0 Å². The summed E-state index contributed by atoms with van der Waals surface area (Å²) in [6.45, 7) is 4.34. The molecule has 25 heavy (non-hydrogen) atoms. The number of benzene rings is 1. The van der Waals surface area contributed by atoms with Crippen molar-refractivity contribution in [2.24, 2.45) is 0 Å². The van der Waals surface area contributed by atoms with Gasteiger partial charge in [0.1, 0.15) is 23.0 Å². The lowest BCUT2D eigenvalue weighted by atomic mass is 10.2. The third-order valence-corrected chi connectivity index (χ3v) is 5.15. The summed E-state index contributed by atoms with van der Waals surface area (Å²) in [5.41, 5.74) is 1.79. The first-order valence-corrected chi connectivity index (χ1v) is 9.42. The van der Waals surface area contributed by atoms with Crippen molar-refractivity contribution >= 4 is 28.6 Å². The number of rotatable bonds is 4. The Morgan fingerprint density at radius 2 is 2.04 bits per heavy atom. The second-order valence-electron chi connectivity index (χ2n) is 6.05. The van der Waals surface area contributed by atoms with Gasteiger partial charge in [-0.2, -0.15) is 5.10 Å². The molecule has 1 saturated heterocycles. The summed E-state index contributed by atoms with van der Waals surface area (Å²) in [5.74, 6) is 0.762. The molecule has 0 amide bonds. The number of piperazine rings is 1. The molecule has 4 rings (SSSR count). The summed E-state index contributed by atoms with van der Waals surface area (Å²) in [7, 11) is 0. The second-order valence-corrected chi connectivity index (χ2v) is 6.84. The van der Waals surface area contributed by atoms with Gasteiger partial charge in [-0.3, -0.25) is 10.00 Å². The van der Waals surface area contributed by atoms with Crippen LogP contribution in [0.5, 0.6) is 0 Å². The van der Waals surface area contributed by atoms with Crippen molar-refractivity contribution in [3.05, 3.63) is 42.0 Å². The average molecular weight is 358 g/mol. The summed E-state index contributed by atoms with van der Waals surface area (Å²) in [4.78, 5) is 13.4. The third kappa shape index (κ3) is 3.32. The number of fused-ring (bicyclic) bond motifs is 1. The van der Waals surface area contributed by atoms with Gasteiger partial charge in [0.05, 0.1) is 5.39 Å². The molecule has 6 nitrogen and oxygen atoms in total. The smallest absolute Gasteiger partial charge is 0.161 e. The Labute approximate surface area is 149 Å². The number of hydrogen-bond donors (Lipinski definition) is 1. The second kappa shape index (κ2) is 6.97. The quantitative estimate of drug-likeness (QED) is 0.723. The van der Waals surface area contributed by atoms with Gasteiger partial charge in [0.25, 0.3) is 0 Å². The normalized spacial score (nSPS) is 15.8. The molecule has 0 spiro atoms. The summed E-state index contributed by atoms with van der Waals surface area (Å²) >= 11 is 1.59. The predicted molar refractivity (Wildman–Crippen MR) is 97.4 cm³/mol. The first kappa shape index (κ1) is 16.3. The van der Waals surface area contributed by atoms with Crippen molar-refractivity contribution in [1.29, 1.82) is 0 Å². The molecule has 0 aliphatic carbocycles. The maximum atomic E-state index is 13.3. The molecule has 1 aliphatic heterocycles. The number of halogens is 1. The highest BCUT2D eigenvalue weighted by Crippen LogP contribution is 2.30. The number of anilines is 1. The fourth-order valence-electron chi connectivity index (χ4n) is 3.22. The van der Waals surface area contributed by atoms with Crippen molar-refractivity contribution in [3.8, 4) is 0 Å². The minimum absolute atomic E-state index is 0.177. The number of aromatic nitrogens is 4. The first-order valence-electron chi connectivity index (χ1n) is 8.19. The third-order valence-electron chi connectivity index (χ3n) is 4.46. The number of H-pyrrole nitrogens is 1. The molecule has 2 aromatic heterocycles. The zero-order valence-corrected chi connectivity index (χ0v) is 14.8. The Kier molecular flexibility index (Phi) is 4.54. The van der Waals surface area contributed by atoms with E-state index in [1.807, 2.05) is 12.3 Å². The maximum absolute atomic E-state index is 13.3. The van der Waals surface area contributed by atoms with Gasteiger partial charge < -0.3 is 4.90 Å². The van der Waals surface area contributed by atoms with Crippen molar-refractivity contribution in [1.82, 2.24) is 25.1 Å². The Hall–Kier alpha value is -2.19. The van der Waals surface area contributed by atoms with E-state index in [-0.39, 0.29) is 5.82 Å². The molecule has 3 aromatic rings. The van der Waals surface area contributed by atoms with E-state index in [0.29, 0.717) is 0 Å². The standard InChI is InChI=1S/C17H19FN6S/c1-25-17-14-15(21-22-17)19-11-20-16(14)24-7-5-23(6-8-24)10-12-3-2-4-13(18)9-12/h2-4,9,11H,5-8,10H2,1H3,(H,19,20,21,22). The van der Waals surface area contributed by atoms with Crippen LogP contribution in [-0.4, -0.2) is 57.5 Å². The highest BCUT2D eigenvalue weighted by Gasteiger charge is 2.22. The number of hydrogen-bond acceptors (Lipinski definition) is 6. The van der Waals surface area contributed by atoms with Gasteiger partial charge in [-0.05, 0) is 24.0 Å². The average Bonchev–Trinajstić information content (AvgIpc) is 3.06. The van der Waals surface area contributed by atoms with Gasteiger partial charge in [0.2, 0.25) is 0 Å². The highest BCUT2D eigenvalue weighted by atomic mass is 32.2. The summed E-state index contributed by atoms with van der Waals surface area (Å²) in [6.07, 6.45) is 3.59. The number of thioether (sulfide) groups is 1. The molecule has 0 radical (unpaired) electrons. The zero-order valence-electron chi connectivity index (χ0n) is 13.9. The molecule has 1 N–H and O–H groups in total. The predicted octanol–water partition coefficient (Wildman–Crippen LogP) is 2.54. The largest absolute Gasteiger partial charge is 0.353 e. The first-order chi connectivity index (χ1) is 12.2. The maximum Gasteiger partial charge on any atom is 0.161 e. The van der Waals surface area contributed by atoms with Crippen LogP contribution in [0.4, 0.5) is 10.2 Å². The van der Waals surface area contributed by atoms with Crippen LogP contribution in [0.25, 0.3) is 11.0 Å². The van der Waals surface area contributed by atoms with Crippen LogP contribution in [0.2, 0.25) is 0 Å². The van der Waals surface area contributed by atoms with E-state index in [1.54, 1.807) is 30.2 Å². The molecular weight excluding hydrogens is 339 g/mol. The fraction of sp³-hybridized carbons (Fsp3) is 0.353. The molecule has 130 valence electrons. The lowest BCUT2D eigenvalue weighted by molar-refractivity contribution is 0.249. The van der Waals surface area contributed by atoms with E-state index in [9.17, 15) is 4.39 Å². The van der Waals surface area contributed by atoms with Gasteiger partial charge in [-0.1, -0.05) is 12.1 Å². The summed E-state index contributed by atoms with van der Waals surface area (Å²) in [5, 5.41) is 9.20. The Morgan fingerprint density at radius 3 is 2.80 bits per heavy atom. The van der Waals surface area contributed by atoms with E-state index in [4.69, 9.17) is 0 Å². The van der Waals surface area contributed by atoms with Crippen LogP contribution in [-0.2, 0) is 6.54 Å². The van der Waals surface area contributed by atoms with Gasteiger partial charge in [0, 0.05) is 32.7 Å². The summed E-state index contributed by atoms with van der Waals surface area (Å²) < 4.78 is 13.3. The van der Waals surface area contributed by atoms with E-state index < -0.39 is 0 Å². The summed E-state index contributed by atoms with van der Waals surface area (Å²) in [6, 6.07) is 6.83. The molecule has 1 aliphatic rings. The van der Waals surface area contributed by atoms with Gasteiger partial charge in [0.15, 0.2) is 5.65 Å². The van der Waals surface area contributed by atoms with Crippen LogP contribution in [0.3, 0.4) is 0 Å². The molecule has 3 heterocycles. The minimum Gasteiger partial charge on any atom is -0.353 e. The van der Waals surface area contributed by atoms with Crippen molar-refractivity contribution in [2.45, 2.75) is 11.6 Å². The molecule has 1 aromatic carbocycles. The minimum atomic E-state index is -0.177. The lowest BCUT2D eigenvalue weighted by Gasteiger charge is -2.35. The Morgan fingerprint density at radius 1 is 1.20 bits per heavy atom. The lowest BCUT2D eigenvalue weighted by Crippen LogP contribution is -2.46. The van der Waals surface area contributed by atoms with Crippen LogP contribution in [0, 0.1) is 5.82 Å². The molecule has 1 fully saturated rings. The topological polar surface area (TPSA) is 60.9 Å². The van der Waals surface area contributed by atoms with E-state index >= 15 is 0 Å². The Balaban J connectivity index is 1.48. The van der Waals surface area contributed by atoms with Crippen molar-refractivity contribution < 1.29 is 4.39 Å². The number of nitrogens with one attached hydrogen (secondary N) is 1. The fourth-order valence-corrected chi connectivity index (χ4v) is 3.75. The van der Waals surface area contributed by atoms with E-state index in [0.717, 1.165) is 60.2 Å². The molecule has 0 unspecified atom stereocenters. The van der Waals surface area contributed by atoms with Crippen LogP contribution < -0.4 is 4.90 Å². The van der Waals surface area contributed by atoms with Crippen LogP contribution in [0.1, 0.15) is 5.56 Å². The molecule has 0 atom stereocenters. The number of nitrogens with zero attached hydrogens (tertiary/aromatic N) is 5. The van der Waals surface area contributed by atoms with Gasteiger partial charge in [-0.25, -0.2) is 14.4 Å². The SMILES string of the molecule is CSc1n[nH]c2ncnc(N3CCN(Cc4cccc(F)c4)CC3)c12. The van der Waals surface area contributed by atoms with Gasteiger partial charge in [-0.15, -0.1) is 11.8 Å². The number of aromatic amines is 1. The zero-order chi connectivity index (χ0) is 17.2. The monoisotopic (exact) mass is 358 g/mol. The van der Waals surface area contributed by atoms with E-state index in [1.165, 1.54) is 6.07 Å². The molecule has 8 heteroatoms. The van der Waals surface area contributed by atoms with Gasteiger partial charge >= 0.3 is 0 Å².